The van der Waals surface area contributed by atoms with Crippen molar-refractivity contribution >= 4 is 6.09 Å². The molecule has 0 aromatic heterocycles. The number of hydrogen-bond donors (Lipinski definition) is 2. The average molecular weight is 284 g/mol. The van der Waals surface area contributed by atoms with Crippen molar-refractivity contribution in [2.24, 2.45) is 17.1 Å². The highest BCUT2D eigenvalue weighted by Gasteiger charge is 2.28. The molecular formula is C16H32N2O2. The Hall–Kier alpha value is -0.770. The lowest BCUT2D eigenvalue weighted by Crippen LogP contribution is -2.41. The van der Waals surface area contributed by atoms with E-state index in [0.717, 1.165) is 6.42 Å². The molecule has 0 radical (unpaired) electrons. The lowest BCUT2D eigenvalue weighted by atomic mass is 9.70. The minimum atomic E-state index is -0.457. The molecule has 1 aliphatic rings. The maximum Gasteiger partial charge on any atom is 0.407 e. The van der Waals surface area contributed by atoms with Gasteiger partial charge in [0.2, 0.25) is 0 Å². The first kappa shape index (κ1) is 17.3. The van der Waals surface area contributed by atoms with Crippen molar-refractivity contribution in [3.8, 4) is 0 Å². The van der Waals surface area contributed by atoms with E-state index in [0.29, 0.717) is 17.9 Å². The molecule has 1 fully saturated rings. The first-order valence-corrected chi connectivity index (χ1v) is 7.80. The topological polar surface area (TPSA) is 64.3 Å². The van der Waals surface area contributed by atoms with Crippen LogP contribution in [-0.2, 0) is 4.74 Å². The summed E-state index contributed by atoms with van der Waals surface area (Å²) in [7, 11) is 0. The van der Waals surface area contributed by atoms with Crippen LogP contribution in [0.2, 0.25) is 0 Å². The number of amides is 1. The molecule has 1 amide bonds. The zero-order chi connectivity index (χ0) is 15.4. The summed E-state index contributed by atoms with van der Waals surface area (Å²) in [6.45, 7) is 10.7. The molecule has 20 heavy (non-hydrogen) atoms. The third-order valence-electron chi connectivity index (χ3n) is 3.85. The number of nitrogens with one attached hydrogen (secondary N) is 1. The lowest BCUT2D eigenvalue weighted by molar-refractivity contribution is 0.0521. The zero-order valence-electron chi connectivity index (χ0n) is 13.8. The minimum absolute atomic E-state index is 0.0152. The quantitative estimate of drug-likeness (QED) is 0.831. The van der Waals surface area contributed by atoms with Gasteiger partial charge >= 0.3 is 6.09 Å². The smallest absolute Gasteiger partial charge is 0.407 e. The van der Waals surface area contributed by atoms with Crippen molar-refractivity contribution in [2.45, 2.75) is 78.4 Å². The van der Waals surface area contributed by atoms with Gasteiger partial charge in [0, 0.05) is 12.6 Å². The summed E-state index contributed by atoms with van der Waals surface area (Å²) in [5.41, 5.74) is 6.12. The fourth-order valence-corrected chi connectivity index (χ4v) is 3.10. The van der Waals surface area contributed by atoms with Crippen LogP contribution in [0.5, 0.6) is 0 Å². The molecule has 0 heterocycles. The van der Waals surface area contributed by atoms with Crippen molar-refractivity contribution in [3.63, 3.8) is 0 Å². The minimum Gasteiger partial charge on any atom is -0.444 e. The molecule has 0 saturated heterocycles. The molecule has 1 rings (SSSR count). The van der Waals surface area contributed by atoms with E-state index in [1.54, 1.807) is 0 Å². The molecular weight excluding hydrogens is 252 g/mol. The fourth-order valence-electron chi connectivity index (χ4n) is 3.10. The summed E-state index contributed by atoms with van der Waals surface area (Å²) in [6.07, 6.45) is 5.73. The van der Waals surface area contributed by atoms with Gasteiger partial charge in [0.1, 0.15) is 5.60 Å². The average Bonchev–Trinajstić information content (AvgIpc) is 2.22. The van der Waals surface area contributed by atoms with Crippen molar-refractivity contribution in [3.05, 3.63) is 0 Å². The molecule has 2 atom stereocenters. The van der Waals surface area contributed by atoms with Gasteiger partial charge in [0.25, 0.3) is 0 Å². The lowest BCUT2D eigenvalue weighted by Gasteiger charge is -2.36. The molecule has 2 unspecified atom stereocenters. The van der Waals surface area contributed by atoms with E-state index in [1.165, 1.54) is 25.7 Å². The number of alkyl carbamates (subject to hydrolysis) is 1. The van der Waals surface area contributed by atoms with Crippen LogP contribution in [0.4, 0.5) is 4.79 Å². The number of carbonyl (C=O) groups excluding carboxylic acids is 1. The van der Waals surface area contributed by atoms with Crippen LogP contribution in [0.3, 0.4) is 0 Å². The SMILES string of the molecule is CC1(C)CCCC(CC(N)CNC(=O)OC(C)(C)C)C1. The maximum atomic E-state index is 11.6. The standard InChI is InChI=1S/C16H32N2O2/c1-15(2,3)20-14(19)18-11-13(17)9-12-7-6-8-16(4,5)10-12/h12-13H,6-11,17H2,1-5H3,(H,18,19). The largest absolute Gasteiger partial charge is 0.444 e. The fraction of sp³-hybridized carbons (Fsp3) is 0.938. The van der Waals surface area contributed by atoms with E-state index in [1.807, 2.05) is 20.8 Å². The molecule has 118 valence electrons. The van der Waals surface area contributed by atoms with Gasteiger partial charge in [0.15, 0.2) is 0 Å². The Morgan fingerprint density at radius 1 is 1.45 bits per heavy atom. The third kappa shape index (κ3) is 7.13. The molecule has 1 saturated carbocycles. The van der Waals surface area contributed by atoms with E-state index < -0.39 is 5.60 Å². The molecule has 1 aliphatic carbocycles. The number of carbonyl (C=O) groups is 1. The Bertz CT molecular complexity index is 321. The molecule has 0 bridgehead atoms. The molecule has 3 N–H and O–H groups in total. The van der Waals surface area contributed by atoms with E-state index in [2.05, 4.69) is 19.2 Å². The summed E-state index contributed by atoms with van der Waals surface area (Å²) in [5, 5.41) is 2.76. The van der Waals surface area contributed by atoms with Crippen LogP contribution in [-0.4, -0.2) is 24.3 Å². The summed E-state index contributed by atoms with van der Waals surface area (Å²) >= 11 is 0. The molecule has 0 spiro atoms. The molecule has 0 aromatic rings. The number of nitrogens with two attached hydrogens (primary N) is 1. The van der Waals surface area contributed by atoms with Crippen molar-refractivity contribution < 1.29 is 9.53 Å². The Balaban J connectivity index is 2.26. The highest BCUT2D eigenvalue weighted by molar-refractivity contribution is 5.67. The van der Waals surface area contributed by atoms with E-state index in [-0.39, 0.29) is 12.1 Å². The van der Waals surface area contributed by atoms with Crippen LogP contribution >= 0.6 is 0 Å². The second-order valence-electron chi connectivity index (χ2n) is 8.01. The van der Waals surface area contributed by atoms with Gasteiger partial charge in [-0.25, -0.2) is 4.79 Å². The van der Waals surface area contributed by atoms with Crippen molar-refractivity contribution in [2.75, 3.05) is 6.54 Å². The van der Waals surface area contributed by atoms with Gasteiger partial charge in [-0.05, 0) is 51.4 Å². The van der Waals surface area contributed by atoms with Gasteiger partial charge < -0.3 is 15.8 Å². The van der Waals surface area contributed by atoms with Crippen molar-refractivity contribution in [1.82, 2.24) is 5.32 Å². The first-order valence-electron chi connectivity index (χ1n) is 7.80. The molecule has 0 aromatic carbocycles. The summed E-state index contributed by atoms with van der Waals surface area (Å²) in [4.78, 5) is 11.6. The van der Waals surface area contributed by atoms with Gasteiger partial charge in [0.05, 0.1) is 0 Å². The predicted molar refractivity (Wildman–Crippen MR) is 82.6 cm³/mol. The van der Waals surface area contributed by atoms with Crippen molar-refractivity contribution in [1.29, 1.82) is 0 Å². The second kappa shape index (κ2) is 6.79. The highest BCUT2D eigenvalue weighted by atomic mass is 16.6. The van der Waals surface area contributed by atoms with Gasteiger partial charge in [-0.2, -0.15) is 0 Å². The molecule has 0 aliphatic heterocycles. The van der Waals surface area contributed by atoms with Crippen LogP contribution in [0.15, 0.2) is 0 Å². The number of ether oxygens (including phenoxy) is 1. The van der Waals surface area contributed by atoms with Crippen LogP contribution in [0.25, 0.3) is 0 Å². The first-order chi connectivity index (χ1) is 9.07. The van der Waals surface area contributed by atoms with Gasteiger partial charge in [-0.1, -0.05) is 26.7 Å². The van der Waals surface area contributed by atoms with Crippen LogP contribution in [0.1, 0.15) is 66.7 Å². The monoisotopic (exact) mass is 284 g/mol. The maximum absolute atomic E-state index is 11.6. The molecule has 4 nitrogen and oxygen atoms in total. The van der Waals surface area contributed by atoms with Gasteiger partial charge in [-0.3, -0.25) is 0 Å². The van der Waals surface area contributed by atoms with E-state index in [9.17, 15) is 4.79 Å². The second-order valence-corrected chi connectivity index (χ2v) is 8.01. The Morgan fingerprint density at radius 3 is 2.65 bits per heavy atom. The highest BCUT2D eigenvalue weighted by Crippen LogP contribution is 2.40. The normalized spacial score (nSPS) is 24.0. The zero-order valence-corrected chi connectivity index (χ0v) is 13.8. The van der Waals surface area contributed by atoms with Gasteiger partial charge in [-0.15, -0.1) is 0 Å². The van der Waals surface area contributed by atoms with E-state index in [4.69, 9.17) is 10.5 Å². The Labute approximate surface area is 123 Å². The number of rotatable bonds is 4. The number of hydrogen-bond acceptors (Lipinski definition) is 3. The predicted octanol–water partition coefficient (Wildman–Crippen LogP) is 3.44. The summed E-state index contributed by atoms with van der Waals surface area (Å²) in [6, 6.07) is 0.0152. The Morgan fingerprint density at radius 2 is 2.10 bits per heavy atom. The van der Waals surface area contributed by atoms with E-state index >= 15 is 0 Å². The third-order valence-corrected chi connectivity index (χ3v) is 3.85. The molecule has 4 heteroatoms. The summed E-state index contributed by atoms with van der Waals surface area (Å²) < 4.78 is 5.21. The summed E-state index contributed by atoms with van der Waals surface area (Å²) in [5.74, 6) is 0.689. The van der Waals surface area contributed by atoms with Crippen LogP contribution in [0, 0.1) is 11.3 Å². The van der Waals surface area contributed by atoms with Crippen LogP contribution < -0.4 is 11.1 Å². The Kier molecular flexibility index (Phi) is 5.87.